The Morgan fingerprint density at radius 1 is 1.09 bits per heavy atom. The molecule has 0 radical (unpaired) electrons. The van der Waals surface area contributed by atoms with Gasteiger partial charge in [0.05, 0.1) is 12.7 Å². The number of ether oxygens (including phenoxy) is 2. The standard InChI is InChI=1S/C27H32N2O6/c1-16-22(25(31)32)29(13-14-34-16)24(30)23(27(2,3)4)28-26(33)35-15-21-19-11-7-5-9-17(19)18-10-6-8-12-20(18)21/h5-12,16,21-23H,13-15H2,1-4H3,(H,28,33)(H,31,32)/t16?,22?,23-/m0/s1. The molecule has 2 aromatic carbocycles. The lowest BCUT2D eigenvalue weighted by molar-refractivity contribution is -0.167. The van der Waals surface area contributed by atoms with Gasteiger partial charge in [0.2, 0.25) is 5.91 Å². The average Bonchev–Trinajstić information content (AvgIpc) is 3.13. The van der Waals surface area contributed by atoms with E-state index < -0.39 is 41.6 Å². The number of alkyl carbamates (subject to hydrolysis) is 1. The van der Waals surface area contributed by atoms with E-state index in [2.05, 4.69) is 17.4 Å². The highest BCUT2D eigenvalue weighted by atomic mass is 16.5. The van der Waals surface area contributed by atoms with Gasteiger partial charge in [0.15, 0.2) is 6.04 Å². The highest BCUT2D eigenvalue weighted by Crippen LogP contribution is 2.44. The molecule has 1 fully saturated rings. The topological polar surface area (TPSA) is 105 Å². The number of nitrogens with one attached hydrogen (secondary N) is 1. The molecule has 2 amide bonds. The van der Waals surface area contributed by atoms with Gasteiger partial charge in [-0.25, -0.2) is 9.59 Å². The van der Waals surface area contributed by atoms with Crippen molar-refractivity contribution < 1.29 is 29.0 Å². The number of amides is 2. The van der Waals surface area contributed by atoms with E-state index in [0.29, 0.717) is 0 Å². The molecule has 2 unspecified atom stereocenters. The first kappa shape index (κ1) is 24.7. The molecule has 8 heteroatoms. The van der Waals surface area contributed by atoms with Crippen molar-refractivity contribution in [2.24, 2.45) is 5.41 Å². The van der Waals surface area contributed by atoms with Crippen LogP contribution < -0.4 is 5.32 Å². The molecule has 1 aliphatic carbocycles. The molecule has 2 aliphatic rings. The highest BCUT2D eigenvalue weighted by Gasteiger charge is 2.44. The minimum atomic E-state index is -1.14. The van der Waals surface area contributed by atoms with E-state index in [0.717, 1.165) is 22.3 Å². The van der Waals surface area contributed by atoms with Gasteiger partial charge in [-0.05, 0) is 34.6 Å². The smallest absolute Gasteiger partial charge is 0.407 e. The molecule has 2 N–H and O–H groups in total. The van der Waals surface area contributed by atoms with Gasteiger partial charge in [-0.1, -0.05) is 69.3 Å². The first-order valence-electron chi connectivity index (χ1n) is 11.9. The van der Waals surface area contributed by atoms with Gasteiger partial charge >= 0.3 is 12.1 Å². The quantitative estimate of drug-likeness (QED) is 0.677. The summed E-state index contributed by atoms with van der Waals surface area (Å²) in [5, 5.41) is 12.4. The highest BCUT2D eigenvalue weighted by molar-refractivity contribution is 5.90. The molecule has 0 bridgehead atoms. The summed E-state index contributed by atoms with van der Waals surface area (Å²) < 4.78 is 11.1. The lowest BCUT2D eigenvalue weighted by Gasteiger charge is -2.41. The fourth-order valence-corrected chi connectivity index (χ4v) is 4.97. The summed E-state index contributed by atoms with van der Waals surface area (Å²) in [6.07, 6.45) is -1.37. The predicted octanol–water partition coefficient (Wildman–Crippen LogP) is 3.64. The molecule has 0 saturated carbocycles. The zero-order valence-corrected chi connectivity index (χ0v) is 20.5. The molecular formula is C27H32N2O6. The molecule has 1 aliphatic heterocycles. The summed E-state index contributed by atoms with van der Waals surface area (Å²) in [4.78, 5) is 39.5. The van der Waals surface area contributed by atoms with Crippen LogP contribution >= 0.6 is 0 Å². The maximum Gasteiger partial charge on any atom is 0.407 e. The summed E-state index contributed by atoms with van der Waals surface area (Å²) in [7, 11) is 0. The number of aliphatic carboxylic acids is 1. The Balaban J connectivity index is 1.48. The van der Waals surface area contributed by atoms with Crippen LogP contribution in [0.1, 0.15) is 44.7 Å². The second-order valence-corrected chi connectivity index (χ2v) is 10.2. The Morgan fingerprint density at radius 3 is 2.20 bits per heavy atom. The fourth-order valence-electron chi connectivity index (χ4n) is 4.97. The first-order valence-corrected chi connectivity index (χ1v) is 11.9. The second kappa shape index (κ2) is 9.70. The summed E-state index contributed by atoms with van der Waals surface area (Å²) in [5.41, 5.74) is 3.77. The average molecular weight is 481 g/mol. The van der Waals surface area contributed by atoms with Crippen LogP contribution in [-0.4, -0.2) is 65.9 Å². The van der Waals surface area contributed by atoms with Crippen LogP contribution in [0.25, 0.3) is 11.1 Å². The molecule has 1 heterocycles. The third-order valence-electron chi connectivity index (χ3n) is 6.75. The number of hydrogen-bond acceptors (Lipinski definition) is 5. The summed E-state index contributed by atoms with van der Waals surface area (Å²) in [6.45, 7) is 7.58. The third kappa shape index (κ3) is 4.89. The molecule has 3 atom stereocenters. The molecule has 8 nitrogen and oxygen atoms in total. The Hall–Kier alpha value is -3.39. The van der Waals surface area contributed by atoms with Crippen molar-refractivity contribution in [1.29, 1.82) is 0 Å². The van der Waals surface area contributed by atoms with Crippen LogP contribution in [0.15, 0.2) is 48.5 Å². The molecule has 0 aromatic heterocycles. The van der Waals surface area contributed by atoms with E-state index in [1.165, 1.54) is 4.90 Å². The van der Waals surface area contributed by atoms with Crippen LogP contribution in [0.2, 0.25) is 0 Å². The van der Waals surface area contributed by atoms with Gasteiger partial charge in [-0.15, -0.1) is 0 Å². The number of rotatable bonds is 5. The van der Waals surface area contributed by atoms with E-state index in [-0.39, 0.29) is 25.7 Å². The maximum atomic E-state index is 13.5. The first-order chi connectivity index (χ1) is 16.6. The third-order valence-corrected chi connectivity index (χ3v) is 6.75. The Bertz CT molecular complexity index is 1080. The fraction of sp³-hybridized carbons (Fsp3) is 0.444. The minimum Gasteiger partial charge on any atom is -0.480 e. The summed E-state index contributed by atoms with van der Waals surface area (Å²) in [5.74, 6) is -1.71. The van der Waals surface area contributed by atoms with Crippen LogP contribution in [-0.2, 0) is 19.1 Å². The predicted molar refractivity (Wildman–Crippen MR) is 130 cm³/mol. The van der Waals surface area contributed by atoms with E-state index in [1.54, 1.807) is 6.92 Å². The SMILES string of the molecule is CC1OCCN(C(=O)[C@H](NC(=O)OCC2c3ccccc3-c3ccccc32)C(C)(C)C)C1C(=O)O. The minimum absolute atomic E-state index is 0.103. The summed E-state index contributed by atoms with van der Waals surface area (Å²) in [6, 6.07) is 14.0. The largest absolute Gasteiger partial charge is 0.480 e. The van der Waals surface area contributed by atoms with Crippen LogP contribution in [0.3, 0.4) is 0 Å². The number of fused-ring (bicyclic) bond motifs is 3. The van der Waals surface area contributed by atoms with E-state index >= 15 is 0 Å². The van der Waals surface area contributed by atoms with Crippen molar-refractivity contribution in [3.05, 3.63) is 59.7 Å². The second-order valence-electron chi connectivity index (χ2n) is 10.2. The lowest BCUT2D eigenvalue weighted by atomic mass is 9.85. The number of carboxylic acid groups (broad SMARTS) is 1. The van der Waals surface area contributed by atoms with Crippen molar-refractivity contribution in [3.63, 3.8) is 0 Å². The Kier molecular flexibility index (Phi) is 6.85. The van der Waals surface area contributed by atoms with Gasteiger partial charge in [0.25, 0.3) is 0 Å². The molecule has 186 valence electrons. The Morgan fingerprint density at radius 2 is 1.66 bits per heavy atom. The number of carbonyl (C=O) groups is 3. The van der Waals surface area contributed by atoms with E-state index in [4.69, 9.17) is 9.47 Å². The van der Waals surface area contributed by atoms with Gasteiger partial charge < -0.3 is 24.8 Å². The van der Waals surface area contributed by atoms with E-state index in [9.17, 15) is 19.5 Å². The molecule has 4 rings (SSSR count). The van der Waals surface area contributed by atoms with E-state index in [1.807, 2.05) is 57.2 Å². The lowest BCUT2D eigenvalue weighted by Crippen LogP contribution is -2.63. The van der Waals surface area contributed by atoms with Gasteiger partial charge in [0, 0.05) is 12.5 Å². The molecule has 35 heavy (non-hydrogen) atoms. The number of hydrogen-bond donors (Lipinski definition) is 2. The van der Waals surface area contributed by atoms with Crippen LogP contribution in [0, 0.1) is 5.41 Å². The molecule has 2 aromatic rings. The van der Waals surface area contributed by atoms with Crippen LogP contribution in [0.4, 0.5) is 4.79 Å². The molecule has 0 spiro atoms. The Labute approximate surface area is 205 Å². The van der Waals surface area contributed by atoms with Crippen molar-refractivity contribution >= 4 is 18.0 Å². The number of carbonyl (C=O) groups excluding carboxylic acids is 2. The van der Waals surface area contributed by atoms with Gasteiger partial charge in [0.1, 0.15) is 12.6 Å². The van der Waals surface area contributed by atoms with Gasteiger partial charge in [-0.3, -0.25) is 4.79 Å². The number of nitrogens with zero attached hydrogens (tertiary/aromatic N) is 1. The van der Waals surface area contributed by atoms with Crippen molar-refractivity contribution in [3.8, 4) is 11.1 Å². The number of morpholine rings is 1. The molecule has 1 saturated heterocycles. The zero-order chi connectivity index (χ0) is 25.3. The van der Waals surface area contributed by atoms with Crippen molar-refractivity contribution in [1.82, 2.24) is 10.2 Å². The summed E-state index contributed by atoms with van der Waals surface area (Å²) >= 11 is 0. The number of benzene rings is 2. The van der Waals surface area contributed by atoms with Crippen LogP contribution in [0.5, 0.6) is 0 Å². The maximum absolute atomic E-state index is 13.5. The van der Waals surface area contributed by atoms with Gasteiger partial charge in [-0.2, -0.15) is 0 Å². The van der Waals surface area contributed by atoms with Crippen molar-refractivity contribution in [2.75, 3.05) is 19.8 Å². The monoisotopic (exact) mass is 480 g/mol. The molecular weight excluding hydrogens is 448 g/mol. The zero-order valence-electron chi connectivity index (χ0n) is 20.5. The normalized spacial score (nSPS) is 20.5. The number of carboxylic acids is 1. The van der Waals surface area contributed by atoms with Crippen molar-refractivity contribution in [2.45, 2.75) is 51.8 Å².